The lowest BCUT2D eigenvalue weighted by molar-refractivity contribution is -0.155. The van der Waals surface area contributed by atoms with Crippen LogP contribution in [-0.2, 0) is 20.9 Å². The van der Waals surface area contributed by atoms with E-state index in [2.05, 4.69) is 0 Å². The molecule has 2 aromatic rings. The average molecular weight is 440 g/mol. The first kappa shape index (κ1) is 21.1. The molecule has 1 fully saturated rings. The molecule has 6 heteroatoms. The SMILES string of the molecule is CCSC1=C(c2ccccc2)[C@H]2SC(C)(C)[C@H](C(=O)OCc3ccccc3)N2C1=O. The summed E-state index contributed by atoms with van der Waals surface area (Å²) < 4.78 is 5.22. The van der Waals surface area contributed by atoms with Crippen LogP contribution < -0.4 is 0 Å². The molecule has 156 valence electrons. The van der Waals surface area contributed by atoms with Crippen LogP contribution in [0.5, 0.6) is 0 Å². The van der Waals surface area contributed by atoms with Gasteiger partial charge in [0.25, 0.3) is 5.91 Å². The van der Waals surface area contributed by atoms with E-state index in [-0.39, 0.29) is 23.9 Å². The summed E-state index contributed by atoms with van der Waals surface area (Å²) in [5, 5.41) is -0.182. The van der Waals surface area contributed by atoms with Crippen LogP contribution in [-0.4, -0.2) is 38.7 Å². The Morgan fingerprint density at radius 3 is 2.37 bits per heavy atom. The molecule has 4 rings (SSSR count). The molecule has 0 N–H and O–H groups in total. The van der Waals surface area contributed by atoms with E-state index >= 15 is 0 Å². The van der Waals surface area contributed by atoms with Crippen molar-refractivity contribution < 1.29 is 14.3 Å². The number of hydrogen-bond donors (Lipinski definition) is 0. The van der Waals surface area contributed by atoms with E-state index in [1.807, 2.05) is 81.4 Å². The largest absolute Gasteiger partial charge is 0.459 e. The first-order chi connectivity index (χ1) is 14.4. The van der Waals surface area contributed by atoms with E-state index in [1.54, 1.807) is 28.4 Å². The second-order valence-electron chi connectivity index (χ2n) is 7.82. The molecule has 2 aromatic carbocycles. The first-order valence-electron chi connectivity index (χ1n) is 10.1. The monoisotopic (exact) mass is 439 g/mol. The molecule has 0 unspecified atom stereocenters. The molecule has 2 aliphatic heterocycles. The van der Waals surface area contributed by atoms with Crippen LogP contribution in [0.2, 0.25) is 0 Å². The minimum Gasteiger partial charge on any atom is -0.459 e. The summed E-state index contributed by atoms with van der Waals surface area (Å²) in [4.78, 5) is 29.1. The molecule has 2 atom stereocenters. The minimum absolute atomic E-state index is 0.0644. The summed E-state index contributed by atoms with van der Waals surface area (Å²) >= 11 is 3.22. The molecule has 1 amide bonds. The number of benzene rings is 2. The Morgan fingerprint density at radius 2 is 1.73 bits per heavy atom. The van der Waals surface area contributed by atoms with Crippen LogP contribution in [0, 0.1) is 0 Å². The van der Waals surface area contributed by atoms with E-state index in [0.29, 0.717) is 0 Å². The highest BCUT2D eigenvalue weighted by molar-refractivity contribution is 8.05. The molecular weight excluding hydrogens is 414 g/mol. The van der Waals surface area contributed by atoms with Gasteiger partial charge in [0.05, 0.1) is 4.91 Å². The lowest BCUT2D eigenvalue weighted by Crippen LogP contribution is -2.49. The summed E-state index contributed by atoms with van der Waals surface area (Å²) in [5.74, 6) is 0.391. The Bertz CT molecular complexity index is 972. The smallest absolute Gasteiger partial charge is 0.330 e. The molecule has 0 saturated carbocycles. The Kier molecular flexibility index (Phi) is 5.98. The third-order valence-corrected chi connectivity index (χ3v) is 7.83. The molecule has 1 saturated heterocycles. The molecule has 0 bridgehead atoms. The Hall–Kier alpha value is -2.18. The van der Waals surface area contributed by atoms with Crippen molar-refractivity contribution in [1.29, 1.82) is 0 Å². The van der Waals surface area contributed by atoms with E-state index in [4.69, 9.17) is 4.74 Å². The maximum absolute atomic E-state index is 13.5. The molecule has 0 aromatic heterocycles. The van der Waals surface area contributed by atoms with Crippen LogP contribution in [0.1, 0.15) is 31.9 Å². The summed E-state index contributed by atoms with van der Waals surface area (Å²) in [6.07, 6.45) is 0. The van der Waals surface area contributed by atoms with Crippen LogP contribution in [0.15, 0.2) is 65.6 Å². The number of nitrogens with zero attached hydrogens (tertiary/aromatic N) is 1. The lowest BCUT2D eigenvalue weighted by Gasteiger charge is -2.29. The number of hydrogen-bond acceptors (Lipinski definition) is 5. The van der Waals surface area contributed by atoms with Crippen molar-refractivity contribution >= 4 is 41.0 Å². The van der Waals surface area contributed by atoms with Crippen LogP contribution in [0.4, 0.5) is 0 Å². The van der Waals surface area contributed by atoms with Gasteiger partial charge in [-0.1, -0.05) is 67.6 Å². The van der Waals surface area contributed by atoms with Gasteiger partial charge in [-0.15, -0.1) is 23.5 Å². The summed E-state index contributed by atoms with van der Waals surface area (Å²) in [6.45, 7) is 6.29. The minimum atomic E-state index is -0.627. The molecule has 2 aliphatic rings. The number of carbonyl (C=O) groups excluding carboxylic acids is 2. The fourth-order valence-electron chi connectivity index (χ4n) is 4.03. The first-order valence-corrected chi connectivity index (χ1v) is 11.9. The highest BCUT2D eigenvalue weighted by Gasteiger charge is 2.59. The molecular formula is C24H25NO3S2. The van der Waals surface area contributed by atoms with Gasteiger partial charge >= 0.3 is 5.97 Å². The van der Waals surface area contributed by atoms with Crippen LogP contribution in [0.25, 0.3) is 5.57 Å². The standard InChI is InChI=1S/C24H25NO3S2/c1-4-29-19-18(17-13-9-6-10-14-17)22-25(21(19)26)20(24(2,3)30-22)23(27)28-15-16-11-7-5-8-12-16/h5-14,20,22H,4,15H2,1-3H3/t20-,22+/m0/s1. The normalized spacial score (nSPS) is 22.4. The Labute approximate surface area is 186 Å². The van der Waals surface area contributed by atoms with Gasteiger partial charge < -0.3 is 9.64 Å². The number of thioether (sulfide) groups is 2. The Morgan fingerprint density at radius 1 is 1.10 bits per heavy atom. The average Bonchev–Trinajstić information content (AvgIpc) is 3.16. The van der Waals surface area contributed by atoms with Gasteiger partial charge in [0.15, 0.2) is 0 Å². The van der Waals surface area contributed by atoms with Crippen molar-refractivity contribution in [1.82, 2.24) is 4.90 Å². The predicted molar refractivity (Wildman–Crippen MR) is 124 cm³/mol. The number of esters is 1. The third kappa shape index (κ3) is 3.79. The van der Waals surface area contributed by atoms with Gasteiger partial charge in [0, 0.05) is 10.3 Å². The van der Waals surface area contributed by atoms with Crippen molar-refractivity contribution in [2.24, 2.45) is 0 Å². The fraction of sp³-hybridized carbons (Fsp3) is 0.333. The molecule has 4 nitrogen and oxygen atoms in total. The van der Waals surface area contributed by atoms with Crippen molar-refractivity contribution in [3.63, 3.8) is 0 Å². The van der Waals surface area contributed by atoms with E-state index in [0.717, 1.165) is 27.4 Å². The number of amides is 1. The summed E-state index contributed by atoms with van der Waals surface area (Å²) in [7, 11) is 0. The zero-order valence-electron chi connectivity index (χ0n) is 17.3. The van der Waals surface area contributed by atoms with E-state index in [1.165, 1.54) is 0 Å². The van der Waals surface area contributed by atoms with Gasteiger partial charge in [-0.05, 0) is 30.7 Å². The van der Waals surface area contributed by atoms with Crippen LogP contribution in [0.3, 0.4) is 0 Å². The van der Waals surface area contributed by atoms with Gasteiger partial charge in [0.2, 0.25) is 0 Å². The lowest BCUT2D eigenvalue weighted by atomic mass is 10.0. The topological polar surface area (TPSA) is 46.6 Å². The predicted octanol–water partition coefficient (Wildman–Crippen LogP) is 4.96. The molecule has 30 heavy (non-hydrogen) atoms. The molecule has 0 aliphatic carbocycles. The third-order valence-electron chi connectivity index (χ3n) is 5.35. The number of rotatable bonds is 6. The number of carbonyl (C=O) groups is 2. The molecule has 0 radical (unpaired) electrons. The van der Waals surface area contributed by atoms with Crippen molar-refractivity contribution in [3.8, 4) is 0 Å². The van der Waals surface area contributed by atoms with Crippen molar-refractivity contribution in [3.05, 3.63) is 76.7 Å². The highest BCUT2D eigenvalue weighted by atomic mass is 32.2. The highest BCUT2D eigenvalue weighted by Crippen LogP contribution is 2.55. The Balaban J connectivity index is 1.64. The number of fused-ring (bicyclic) bond motifs is 1. The zero-order valence-corrected chi connectivity index (χ0v) is 19.0. The van der Waals surface area contributed by atoms with Crippen molar-refractivity contribution in [2.45, 2.75) is 43.5 Å². The summed E-state index contributed by atoms with van der Waals surface area (Å²) in [6, 6.07) is 19.0. The molecule has 2 heterocycles. The maximum Gasteiger partial charge on any atom is 0.330 e. The van der Waals surface area contributed by atoms with Gasteiger partial charge in [-0.2, -0.15) is 0 Å². The van der Waals surface area contributed by atoms with Gasteiger partial charge in [0.1, 0.15) is 18.0 Å². The second kappa shape index (κ2) is 8.52. The van der Waals surface area contributed by atoms with Crippen LogP contribution >= 0.6 is 23.5 Å². The quantitative estimate of drug-likeness (QED) is 0.596. The van der Waals surface area contributed by atoms with E-state index in [9.17, 15) is 9.59 Å². The second-order valence-corrected chi connectivity index (χ2v) is 10.8. The zero-order chi connectivity index (χ0) is 21.3. The summed E-state index contributed by atoms with van der Waals surface area (Å²) in [5.41, 5.74) is 2.99. The van der Waals surface area contributed by atoms with Crippen molar-refractivity contribution in [2.75, 3.05) is 5.75 Å². The fourth-order valence-corrected chi connectivity index (χ4v) is 6.62. The molecule has 0 spiro atoms. The van der Waals surface area contributed by atoms with E-state index < -0.39 is 10.8 Å². The maximum atomic E-state index is 13.5. The number of ether oxygens (including phenoxy) is 1. The van der Waals surface area contributed by atoms with Gasteiger partial charge in [-0.25, -0.2) is 4.79 Å². The van der Waals surface area contributed by atoms with Gasteiger partial charge in [-0.3, -0.25) is 4.79 Å².